The van der Waals surface area contributed by atoms with E-state index in [0.717, 1.165) is 12.1 Å². The molecule has 4 nitrogen and oxygen atoms in total. The lowest BCUT2D eigenvalue weighted by Crippen LogP contribution is -2.52. The molecule has 16 heavy (non-hydrogen) atoms. The van der Waals surface area contributed by atoms with Crippen LogP contribution >= 0.6 is 0 Å². The van der Waals surface area contributed by atoms with Gasteiger partial charge in [-0.05, 0) is 32.0 Å². The monoisotopic (exact) mass is 221 g/mol. The number of nitrogens with one attached hydrogen (secondary N) is 2. The number of nitrogens with zero attached hydrogens (tertiary/aromatic N) is 1. The van der Waals surface area contributed by atoms with Crippen LogP contribution in [0.4, 0.5) is 0 Å². The second-order valence-corrected chi connectivity index (χ2v) is 4.20. The summed E-state index contributed by atoms with van der Waals surface area (Å²) >= 11 is 0. The lowest BCUT2D eigenvalue weighted by molar-refractivity contribution is -0.126. The van der Waals surface area contributed by atoms with Crippen molar-refractivity contribution in [3.05, 3.63) is 30.1 Å². The first-order valence-corrected chi connectivity index (χ1v) is 5.48. The highest BCUT2D eigenvalue weighted by Gasteiger charge is 2.25. The van der Waals surface area contributed by atoms with Crippen LogP contribution in [0.3, 0.4) is 0 Å². The third-order valence-corrected chi connectivity index (χ3v) is 2.36. The second kappa shape index (κ2) is 5.61. The van der Waals surface area contributed by atoms with Crippen LogP contribution in [0.2, 0.25) is 0 Å². The summed E-state index contributed by atoms with van der Waals surface area (Å²) in [6.07, 6.45) is 3.47. The molecule has 1 rings (SSSR count). The van der Waals surface area contributed by atoms with E-state index in [1.807, 2.05) is 32.9 Å². The smallest absolute Gasteiger partial charge is 0.239 e. The maximum absolute atomic E-state index is 11.8. The topological polar surface area (TPSA) is 54.0 Å². The van der Waals surface area contributed by atoms with E-state index >= 15 is 0 Å². The van der Waals surface area contributed by atoms with E-state index in [-0.39, 0.29) is 5.91 Å². The highest BCUT2D eigenvalue weighted by atomic mass is 16.2. The minimum atomic E-state index is -0.531. The fourth-order valence-electron chi connectivity index (χ4n) is 1.43. The van der Waals surface area contributed by atoms with E-state index in [9.17, 15) is 4.79 Å². The molecule has 0 radical (unpaired) electrons. The average Bonchev–Trinajstić information content (AvgIpc) is 2.27. The third kappa shape index (κ3) is 3.62. The summed E-state index contributed by atoms with van der Waals surface area (Å²) in [5.74, 6) is -0.00166. The van der Waals surface area contributed by atoms with Crippen LogP contribution in [0.5, 0.6) is 0 Å². The molecule has 1 aromatic rings. The molecule has 1 amide bonds. The quantitative estimate of drug-likeness (QED) is 0.782. The number of carbonyl (C=O) groups excluding carboxylic acids is 1. The van der Waals surface area contributed by atoms with E-state index in [1.165, 1.54) is 0 Å². The highest BCUT2D eigenvalue weighted by molar-refractivity contribution is 5.85. The maximum atomic E-state index is 11.8. The van der Waals surface area contributed by atoms with Gasteiger partial charge in [-0.1, -0.05) is 13.0 Å². The Morgan fingerprint density at radius 3 is 2.81 bits per heavy atom. The van der Waals surface area contributed by atoms with Crippen LogP contribution in [0.1, 0.15) is 26.3 Å². The molecule has 4 heteroatoms. The number of aromatic nitrogens is 1. The lowest BCUT2D eigenvalue weighted by atomic mass is 10.0. The van der Waals surface area contributed by atoms with E-state index in [1.54, 1.807) is 12.4 Å². The molecule has 0 saturated heterocycles. The zero-order valence-electron chi connectivity index (χ0n) is 10.1. The van der Waals surface area contributed by atoms with Gasteiger partial charge in [0.05, 0.1) is 5.54 Å². The van der Waals surface area contributed by atoms with Gasteiger partial charge in [-0.3, -0.25) is 9.78 Å². The Labute approximate surface area is 96.5 Å². The third-order valence-electron chi connectivity index (χ3n) is 2.36. The van der Waals surface area contributed by atoms with Gasteiger partial charge in [0.1, 0.15) is 0 Å². The van der Waals surface area contributed by atoms with Crippen molar-refractivity contribution in [1.82, 2.24) is 15.6 Å². The number of hydrogen-bond acceptors (Lipinski definition) is 3. The van der Waals surface area contributed by atoms with E-state index in [0.29, 0.717) is 6.54 Å². The molecular weight excluding hydrogens is 202 g/mol. The number of pyridine rings is 1. The zero-order valence-corrected chi connectivity index (χ0v) is 10.1. The summed E-state index contributed by atoms with van der Waals surface area (Å²) in [4.78, 5) is 15.8. The minimum absolute atomic E-state index is 0.00166. The maximum Gasteiger partial charge on any atom is 0.239 e. The predicted molar refractivity (Wildman–Crippen MR) is 63.8 cm³/mol. The van der Waals surface area contributed by atoms with Crippen molar-refractivity contribution in [2.24, 2.45) is 0 Å². The van der Waals surface area contributed by atoms with Gasteiger partial charge < -0.3 is 10.6 Å². The Kier molecular flexibility index (Phi) is 4.43. The van der Waals surface area contributed by atoms with Gasteiger partial charge in [0.25, 0.3) is 0 Å². The van der Waals surface area contributed by atoms with Crippen molar-refractivity contribution < 1.29 is 4.79 Å². The van der Waals surface area contributed by atoms with Gasteiger partial charge in [-0.2, -0.15) is 0 Å². The summed E-state index contributed by atoms with van der Waals surface area (Å²) in [6.45, 7) is 7.01. The van der Waals surface area contributed by atoms with Crippen LogP contribution < -0.4 is 10.6 Å². The van der Waals surface area contributed by atoms with Crippen molar-refractivity contribution in [3.63, 3.8) is 0 Å². The van der Waals surface area contributed by atoms with Crippen LogP contribution in [0, 0.1) is 0 Å². The van der Waals surface area contributed by atoms with Gasteiger partial charge in [0, 0.05) is 18.9 Å². The summed E-state index contributed by atoms with van der Waals surface area (Å²) in [5.41, 5.74) is 0.472. The molecule has 0 atom stereocenters. The van der Waals surface area contributed by atoms with E-state index in [4.69, 9.17) is 0 Å². The molecule has 0 aliphatic heterocycles. The predicted octanol–water partition coefficient (Wildman–Crippen LogP) is 1.09. The van der Waals surface area contributed by atoms with E-state index in [2.05, 4.69) is 15.6 Å². The van der Waals surface area contributed by atoms with Crippen LogP contribution in [-0.2, 0) is 11.3 Å². The molecule has 1 aromatic heterocycles. The highest BCUT2D eigenvalue weighted by Crippen LogP contribution is 2.02. The Balaban J connectivity index is 2.47. The standard InChI is InChI=1S/C12H19N3O/c1-4-15-12(2,3)11(16)14-9-10-6-5-7-13-8-10/h5-8,15H,4,9H2,1-3H3,(H,14,16). The molecule has 0 spiro atoms. The summed E-state index contributed by atoms with van der Waals surface area (Å²) < 4.78 is 0. The van der Waals surface area contributed by atoms with Crippen LogP contribution in [-0.4, -0.2) is 23.0 Å². The lowest BCUT2D eigenvalue weighted by Gasteiger charge is -2.24. The Morgan fingerprint density at radius 1 is 1.50 bits per heavy atom. The van der Waals surface area contributed by atoms with Crippen molar-refractivity contribution in [2.75, 3.05) is 6.54 Å². The van der Waals surface area contributed by atoms with Crippen molar-refractivity contribution in [3.8, 4) is 0 Å². The largest absolute Gasteiger partial charge is 0.350 e. The molecule has 88 valence electrons. The first-order chi connectivity index (χ1) is 7.56. The Hall–Kier alpha value is -1.42. The molecule has 0 aliphatic carbocycles. The Bertz CT molecular complexity index is 335. The fourth-order valence-corrected chi connectivity index (χ4v) is 1.43. The molecule has 0 aliphatic rings. The van der Waals surface area contributed by atoms with Crippen LogP contribution in [0.25, 0.3) is 0 Å². The molecule has 0 fully saturated rings. The van der Waals surface area contributed by atoms with Crippen LogP contribution in [0.15, 0.2) is 24.5 Å². The normalized spacial score (nSPS) is 11.2. The van der Waals surface area contributed by atoms with Gasteiger partial charge in [0.2, 0.25) is 5.91 Å². The number of rotatable bonds is 5. The van der Waals surface area contributed by atoms with Gasteiger partial charge in [0.15, 0.2) is 0 Å². The van der Waals surface area contributed by atoms with Gasteiger partial charge in [-0.25, -0.2) is 0 Å². The molecule has 2 N–H and O–H groups in total. The number of amides is 1. The summed E-state index contributed by atoms with van der Waals surface area (Å²) in [6, 6.07) is 3.80. The van der Waals surface area contributed by atoms with Gasteiger partial charge >= 0.3 is 0 Å². The molecule has 0 unspecified atom stereocenters. The second-order valence-electron chi connectivity index (χ2n) is 4.20. The fraction of sp³-hybridized carbons (Fsp3) is 0.500. The first kappa shape index (κ1) is 12.6. The van der Waals surface area contributed by atoms with E-state index < -0.39 is 5.54 Å². The van der Waals surface area contributed by atoms with Crippen molar-refractivity contribution in [1.29, 1.82) is 0 Å². The molecule has 0 saturated carbocycles. The molecule has 0 bridgehead atoms. The first-order valence-electron chi connectivity index (χ1n) is 5.48. The molecular formula is C12H19N3O. The molecule has 1 heterocycles. The number of likely N-dealkylation sites (N-methyl/N-ethyl adjacent to an activating group) is 1. The number of hydrogen-bond donors (Lipinski definition) is 2. The summed E-state index contributed by atoms with van der Waals surface area (Å²) in [5, 5.41) is 6.01. The zero-order chi connectivity index (χ0) is 12.0. The SMILES string of the molecule is CCNC(C)(C)C(=O)NCc1cccnc1. The molecule has 0 aromatic carbocycles. The Morgan fingerprint density at radius 2 is 2.25 bits per heavy atom. The van der Waals surface area contributed by atoms with Crippen molar-refractivity contribution >= 4 is 5.91 Å². The minimum Gasteiger partial charge on any atom is -0.350 e. The van der Waals surface area contributed by atoms with Gasteiger partial charge in [-0.15, -0.1) is 0 Å². The average molecular weight is 221 g/mol. The summed E-state index contributed by atoms with van der Waals surface area (Å²) in [7, 11) is 0. The number of carbonyl (C=O) groups is 1. The van der Waals surface area contributed by atoms with Crippen molar-refractivity contribution in [2.45, 2.75) is 32.9 Å².